The number of nitrogens with one attached hydrogen (secondary N) is 1. The molecule has 3 nitrogen and oxygen atoms in total. The predicted octanol–water partition coefficient (Wildman–Crippen LogP) is 4.46. The highest BCUT2D eigenvalue weighted by molar-refractivity contribution is 6.40. The molecule has 0 fully saturated rings. The monoisotopic (exact) mass is 327 g/mol. The van der Waals surface area contributed by atoms with Gasteiger partial charge in [0.1, 0.15) is 0 Å². The molecule has 0 heterocycles. The maximum absolute atomic E-state index is 13.3. The van der Waals surface area contributed by atoms with Crippen LogP contribution in [0.5, 0.6) is 5.75 Å². The number of anilines is 1. The van der Waals surface area contributed by atoms with Gasteiger partial charge in [-0.05, 0) is 30.7 Å². The first-order valence-electron chi connectivity index (χ1n) is 6.11. The Morgan fingerprint density at radius 3 is 2.67 bits per heavy atom. The molecule has 1 N–H and O–H groups in total. The maximum Gasteiger partial charge on any atom is 0.262 e. The molecule has 0 aliphatic rings. The third kappa shape index (κ3) is 3.86. The van der Waals surface area contributed by atoms with Crippen LogP contribution in [0.4, 0.5) is 10.1 Å². The van der Waals surface area contributed by atoms with Crippen LogP contribution in [0.15, 0.2) is 36.4 Å². The number of halogens is 3. The largest absolute Gasteiger partial charge is 0.481 e. The Bertz CT molecular complexity index is 677. The van der Waals surface area contributed by atoms with Gasteiger partial charge in [0.2, 0.25) is 0 Å². The summed E-state index contributed by atoms with van der Waals surface area (Å²) in [6, 6.07) is 9.22. The van der Waals surface area contributed by atoms with Crippen LogP contribution >= 0.6 is 23.2 Å². The van der Waals surface area contributed by atoms with Gasteiger partial charge in [-0.1, -0.05) is 41.4 Å². The number of benzene rings is 2. The number of aryl methyl sites for hydroxylation is 1. The second-order valence-electron chi connectivity index (χ2n) is 4.32. The lowest BCUT2D eigenvalue weighted by molar-refractivity contribution is -0.118. The van der Waals surface area contributed by atoms with E-state index in [2.05, 4.69) is 5.32 Å². The fourth-order valence-electron chi connectivity index (χ4n) is 1.65. The first-order valence-corrected chi connectivity index (χ1v) is 6.86. The molecule has 21 heavy (non-hydrogen) atoms. The van der Waals surface area contributed by atoms with Gasteiger partial charge in [0.15, 0.2) is 18.2 Å². The van der Waals surface area contributed by atoms with Crippen LogP contribution in [0.3, 0.4) is 0 Å². The maximum atomic E-state index is 13.3. The SMILES string of the molecule is Cc1ccc(Cl)c(NC(=O)COc2ccccc2F)c1Cl. The second-order valence-corrected chi connectivity index (χ2v) is 5.11. The molecule has 0 atom stereocenters. The van der Waals surface area contributed by atoms with E-state index in [0.29, 0.717) is 15.7 Å². The van der Waals surface area contributed by atoms with Gasteiger partial charge in [-0.15, -0.1) is 0 Å². The van der Waals surface area contributed by atoms with Gasteiger partial charge in [-0.25, -0.2) is 4.39 Å². The van der Waals surface area contributed by atoms with Gasteiger partial charge < -0.3 is 10.1 Å². The summed E-state index contributed by atoms with van der Waals surface area (Å²) < 4.78 is 18.5. The number of ether oxygens (including phenoxy) is 1. The Kier molecular flexibility index (Phi) is 5.04. The minimum absolute atomic E-state index is 0.00841. The van der Waals surface area contributed by atoms with Crippen molar-refractivity contribution in [1.29, 1.82) is 0 Å². The highest BCUT2D eigenvalue weighted by Crippen LogP contribution is 2.32. The standard InChI is InChI=1S/C15H12Cl2FNO2/c1-9-6-7-10(16)15(14(9)17)19-13(20)8-21-12-5-3-2-4-11(12)18/h2-7H,8H2,1H3,(H,19,20). The number of hydrogen-bond donors (Lipinski definition) is 1. The summed E-state index contributed by atoms with van der Waals surface area (Å²) in [5, 5.41) is 3.25. The number of hydrogen-bond acceptors (Lipinski definition) is 2. The summed E-state index contributed by atoms with van der Waals surface area (Å²) in [4.78, 5) is 11.8. The topological polar surface area (TPSA) is 38.3 Å². The Labute approximate surface area is 131 Å². The van der Waals surface area contributed by atoms with Crippen molar-refractivity contribution in [3.8, 4) is 5.75 Å². The number of amides is 1. The minimum atomic E-state index is -0.531. The van der Waals surface area contributed by atoms with Crippen molar-refractivity contribution < 1.29 is 13.9 Å². The summed E-state index contributed by atoms with van der Waals surface area (Å²) in [5.74, 6) is -1.00. The molecule has 0 aliphatic carbocycles. The zero-order valence-electron chi connectivity index (χ0n) is 11.1. The van der Waals surface area contributed by atoms with Gasteiger partial charge in [-0.2, -0.15) is 0 Å². The molecule has 0 spiro atoms. The highest BCUT2D eigenvalue weighted by atomic mass is 35.5. The molecule has 2 aromatic carbocycles. The smallest absolute Gasteiger partial charge is 0.262 e. The lowest BCUT2D eigenvalue weighted by atomic mass is 10.2. The molecule has 0 saturated carbocycles. The van der Waals surface area contributed by atoms with Gasteiger partial charge in [-0.3, -0.25) is 4.79 Å². The Morgan fingerprint density at radius 2 is 1.95 bits per heavy atom. The molecule has 0 saturated heterocycles. The van der Waals surface area contributed by atoms with E-state index in [0.717, 1.165) is 5.56 Å². The first kappa shape index (κ1) is 15.6. The minimum Gasteiger partial charge on any atom is -0.481 e. The van der Waals surface area contributed by atoms with Crippen molar-refractivity contribution in [3.63, 3.8) is 0 Å². The molecular weight excluding hydrogens is 316 g/mol. The van der Waals surface area contributed by atoms with Crippen LogP contribution in [-0.2, 0) is 4.79 Å². The van der Waals surface area contributed by atoms with Crippen molar-refractivity contribution in [1.82, 2.24) is 0 Å². The fraction of sp³-hybridized carbons (Fsp3) is 0.133. The van der Waals surface area contributed by atoms with E-state index in [9.17, 15) is 9.18 Å². The molecule has 0 bridgehead atoms. The van der Waals surface area contributed by atoms with E-state index in [1.54, 1.807) is 25.1 Å². The first-order chi connectivity index (χ1) is 9.99. The zero-order valence-corrected chi connectivity index (χ0v) is 12.6. The van der Waals surface area contributed by atoms with E-state index in [-0.39, 0.29) is 12.4 Å². The van der Waals surface area contributed by atoms with Gasteiger partial charge in [0.05, 0.1) is 15.7 Å². The number of carbonyl (C=O) groups is 1. The molecule has 0 unspecified atom stereocenters. The van der Waals surface area contributed by atoms with E-state index < -0.39 is 11.7 Å². The molecule has 0 radical (unpaired) electrons. The average Bonchev–Trinajstić information content (AvgIpc) is 2.47. The van der Waals surface area contributed by atoms with Crippen molar-refractivity contribution in [2.45, 2.75) is 6.92 Å². The van der Waals surface area contributed by atoms with Gasteiger partial charge in [0.25, 0.3) is 5.91 Å². The molecule has 2 rings (SSSR count). The molecule has 6 heteroatoms. The van der Waals surface area contributed by atoms with Crippen LogP contribution in [0.2, 0.25) is 10.0 Å². The molecular formula is C15H12Cl2FNO2. The Balaban J connectivity index is 2.03. The fourth-order valence-corrected chi connectivity index (χ4v) is 2.12. The van der Waals surface area contributed by atoms with E-state index in [1.165, 1.54) is 18.2 Å². The average molecular weight is 328 g/mol. The summed E-state index contributed by atoms with van der Waals surface area (Å²) in [5.41, 5.74) is 1.10. The van der Waals surface area contributed by atoms with Crippen LogP contribution in [0.25, 0.3) is 0 Å². The summed E-state index contributed by atoms with van der Waals surface area (Å²) in [6.45, 7) is 1.45. The van der Waals surface area contributed by atoms with Crippen LogP contribution in [0, 0.1) is 12.7 Å². The summed E-state index contributed by atoms with van der Waals surface area (Å²) in [6.07, 6.45) is 0. The van der Waals surface area contributed by atoms with Crippen molar-refractivity contribution in [3.05, 3.63) is 57.8 Å². The quantitative estimate of drug-likeness (QED) is 0.900. The van der Waals surface area contributed by atoms with Crippen molar-refractivity contribution >= 4 is 34.8 Å². The Morgan fingerprint density at radius 1 is 1.24 bits per heavy atom. The summed E-state index contributed by atoms with van der Waals surface area (Å²) >= 11 is 12.1. The zero-order chi connectivity index (χ0) is 15.4. The number of rotatable bonds is 4. The molecule has 1 amide bonds. The summed E-state index contributed by atoms with van der Waals surface area (Å²) in [7, 11) is 0. The lowest BCUT2D eigenvalue weighted by Crippen LogP contribution is -2.21. The van der Waals surface area contributed by atoms with E-state index in [1.807, 2.05) is 0 Å². The van der Waals surface area contributed by atoms with Gasteiger partial charge >= 0.3 is 0 Å². The van der Waals surface area contributed by atoms with Crippen LogP contribution in [0.1, 0.15) is 5.56 Å². The third-order valence-electron chi connectivity index (χ3n) is 2.74. The normalized spacial score (nSPS) is 10.3. The van der Waals surface area contributed by atoms with E-state index in [4.69, 9.17) is 27.9 Å². The van der Waals surface area contributed by atoms with Crippen molar-refractivity contribution in [2.75, 3.05) is 11.9 Å². The number of carbonyl (C=O) groups excluding carboxylic acids is 1. The highest BCUT2D eigenvalue weighted by Gasteiger charge is 2.13. The van der Waals surface area contributed by atoms with E-state index >= 15 is 0 Å². The molecule has 110 valence electrons. The van der Waals surface area contributed by atoms with Gasteiger partial charge in [0, 0.05) is 0 Å². The molecule has 2 aromatic rings. The second kappa shape index (κ2) is 6.78. The number of para-hydroxylation sites is 1. The van der Waals surface area contributed by atoms with Crippen molar-refractivity contribution in [2.24, 2.45) is 0 Å². The molecule has 0 aliphatic heterocycles. The predicted molar refractivity (Wildman–Crippen MR) is 81.7 cm³/mol. The third-order valence-corrected chi connectivity index (χ3v) is 3.55. The lowest BCUT2D eigenvalue weighted by Gasteiger charge is -2.12. The molecule has 0 aromatic heterocycles. The Hall–Kier alpha value is -1.78. The van der Waals surface area contributed by atoms with Crippen LogP contribution < -0.4 is 10.1 Å². The van der Waals surface area contributed by atoms with Crippen LogP contribution in [-0.4, -0.2) is 12.5 Å².